The van der Waals surface area contributed by atoms with E-state index >= 15 is 0 Å². The zero-order chi connectivity index (χ0) is 17.2. The van der Waals surface area contributed by atoms with Crippen LogP contribution in [0.4, 0.5) is 13.2 Å². The summed E-state index contributed by atoms with van der Waals surface area (Å²) in [6, 6.07) is 4.13. The van der Waals surface area contributed by atoms with Gasteiger partial charge in [-0.2, -0.15) is 13.2 Å². The Bertz CT molecular complexity index is 539. The number of nitrogens with one attached hydrogen (secondary N) is 1. The van der Waals surface area contributed by atoms with Gasteiger partial charge in [0.15, 0.2) is 0 Å². The first-order valence-electron chi connectivity index (χ1n) is 8.78. The van der Waals surface area contributed by atoms with Crippen molar-refractivity contribution in [2.45, 2.75) is 44.3 Å². The van der Waals surface area contributed by atoms with Gasteiger partial charge in [0.05, 0.1) is 5.56 Å². The second-order valence-electron chi connectivity index (χ2n) is 6.86. The van der Waals surface area contributed by atoms with Crippen LogP contribution < -0.4 is 5.32 Å². The van der Waals surface area contributed by atoms with E-state index in [9.17, 15) is 13.2 Å². The van der Waals surface area contributed by atoms with Gasteiger partial charge in [-0.05, 0) is 36.5 Å². The van der Waals surface area contributed by atoms with E-state index in [2.05, 4.69) is 10.2 Å². The molecule has 150 valence electrons. The molecule has 1 heterocycles. The molecule has 1 N–H and O–H groups in total. The van der Waals surface area contributed by atoms with Crippen molar-refractivity contribution in [2.75, 3.05) is 26.2 Å². The summed E-state index contributed by atoms with van der Waals surface area (Å²) in [5.41, 5.74) is -0.162. The summed E-state index contributed by atoms with van der Waals surface area (Å²) >= 11 is 5.88. The van der Waals surface area contributed by atoms with Crippen LogP contribution in [0.25, 0.3) is 0 Å². The fourth-order valence-corrected chi connectivity index (χ4v) is 4.36. The Kier molecular flexibility index (Phi) is 9.51. The zero-order valence-corrected chi connectivity index (χ0v) is 16.9. The fraction of sp³-hybridized carbons (Fsp3) is 0.667. The van der Waals surface area contributed by atoms with Crippen molar-refractivity contribution in [3.8, 4) is 0 Å². The molecule has 0 spiro atoms. The Morgan fingerprint density at radius 2 is 1.65 bits per heavy atom. The number of piperazine rings is 1. The molecule has 2 fully saturated rings. The molecular weight excluding hydrogens is 408 g/mol. The number of rotatable bonds is 3. The minimum Gasteiger partial charge on any atom is -0.314 e. The average Bonchev–Trinajstić information content (AvgIpc) is 2.57. The number of benzene rings is 1. The number of hydrogen-bond acceptors (Lipinski definition) is 2. The highest BCUT2D eigenvalue weighted by Crippen LogP contribution is 2.44. The molecule has 2 aliphatic rings. The minimum absolute atomic E-state index is 0. The summed E-state index contributed by atoms with van der Waals surface area (Å²) in [6.45, 7) is 3.25. The maximum Gasteiger partial charge on any atom is 0.416 e. The van der Waals surface area contributed by atoms with Gasteiger partial charge >= 0.3 is 6.18 Å². The van der Waals surface area contributed by atoms with Crippen molar-refractivity contribution < 1.29 is 13.2 Å². The lowest BCUT2D eigenvalue weighted by Gasteiger charge is -2.42. The van der Waals surface area contributed by atoms with Gasteiger partial charge < -0.3 is 5.32 Å². The number of hydrogen-bond donors (Lipinski definition) is 1. The van der Waals surface area contributed by atoms with Crippen LogP contribution in [0.2, 0.25) is 5.02 Å². The first kappa shape index (κ1) is 23.8. The van der Waals surface area contributed by atoms with E-state index in [0.717, 1.165) is 57.9 Å². The van der Waals surface area contributed by atoms with Gasteiger partial charge in [0.25, 0.3) is 0 Å². The highest BCUT2D eigenvalue weighted by molar-refractivity contribution is 6.30. The third-order valence-electron chi connectivity index (χ3n) is 5.28. The molecule has 1 saturated carbocycles. The van der Waals surface area contributed by atoms with Crippen LogP contribution in [0.3, 0.4) is 0 Å². The van der Waals surface area contributed by atoms with Crippen molar-refractivity contribution in [3.63, 3.8) is 0 Å². The van der Waals surface area contributed by atoms with E-state index < -0.39 is 11.7 Å². The molecule has 0 bridgehead atoms. The summed E-state index contributed by atoms with van der Waals surface area (Å²) in [7, 11) is 0. The van der Waals surface area contributed by atoms with Gasteiger partial charge in [-0.3, -0.25) is 4.90 Å². The first-order chi connectivity index (χ1) is 11.5. The third kappa shape index (κ3) is 5.65. The van der Waals surface area contributed by atoms with E-state index in [1.165, 1.54) is 6.42 Å². The monoisotopic (exact) mass is 432 g/mol. The molecule has 26 heavy (non-hydrogen) atoms. The number of halogens is 6. The predicted octanol–water partition coefficient (Wildman–Crippen LogP) is 5.73. The average molecular weight is 434 g/mol. The normalized spacial score (nSPS) is 20.8. The molecule has 8 heteroatoms. The van der Waals surface area contributed by atoms with Gasteiger partial charge in [-0.25, -0.2) is 0 Å². The van der Waals surface area contributed by atoms with Crippen LogP contribution in [0.1, 0.15) is 49.3 Å². The molecule has 1 aromatic carbocycles. The van der Waals surface area contributed by atoms with Crippen LogP contribution in [-0.4, -0.2) is 31.1 Å². The van der Waals surface area contributed by atoms with Gasteiger partial charge in [-0.1, -0.05) is 36.9 Å². The number of nitrogens with zero attached hydrogens (tertiary/aromatic N) is 1. The first-order valence-corrected chi connectivity index (χ1v) is 9.16. The molecule has 2 nitrogen and oxygen atoms in total. The molecule has 1 atom stereocenters. The smallest absolute Gasteiger partial charge is 0.314 e. The Balaban J connectivity index is 0.00000169. The highest BCUT2D eigenvalue weighted by Gasteiger charge is 2.39. The van der Waals surface area contributed by atoms with Crippen molar-refractivity contribution >= 4 is 36.4 Å². The van der Waals surface area contributed by atoms with Crippen molar-refractivity contribution in [1.29, 1.82) is 0 Å². The lowest BCUT2D eigenvalue weighted by Crippen LogP contribution is -2.47. The summed E-state index contributed by atoms with van der Waals surface area (Å²) in [4.78, 5) is 2.24. The van der Waals surface area contributed by atoms with E-state index in [1.54, 1.807) is 12.1 Å². The quantitative estimate of drug-likeness (QED) is 0.655. The van der Waals surface area contributed by atoms with Crippen LogP contribution >= 0.6 is 36.4 Å². The van der Waals surface area contributed by atoms with E-state index in [0.29, 0.717) is 11.5 Å². The van der Waals surface area contributed by atoms with Gasteiger partial charge in [-0.15, -0.1) is 24.8 Å². The molecular formula is C18H26Cl3F3N2. The molecule has 1 aliphatic carbocycles. The van der Waals surface area contributed by atoms with Gasteiger partial charge in [0.2, 0.25) is 0 Å². The molecule has 1 aromatic rings. The fourth-order valence-electron chi connectivity index (χ4n) is 4.19. The van der Waals surface area contributed by atoms with Crippen LogP contribution in [0.5, 0.6) is 0 Å². The Morgan fingerprint density at radius 1 is 1.04 bits per heavy atom. The second kappa shape index (κ2) is 10.4. The Hall–Kier alpha value is -0.200. The van der Waals surface area contributed by atoms with E-state index in [1.807, 2.05) is 0 Å². The third-order valence-corrected chi connectivity index (χ3v) is 5.52. The topological polar surface area (TPSA) is 15.3 Å². The lowest BCUT2D eigenvalue weighted by atomic mass is 9.79. The molecule has 0 radical (unpaired) electrons. The van der Waals surface area contributed by atoms with Crippen LogP contribution in [-0.2, 0) is 6.18 Å². The van der Waals surface area contributed by atoms with Crippen LogP contribution in [0.15, 0.2) is 18.2 Å². The molecule has 0 amide bonds. The molecule has 1 aliphatic heterocycles. The Morgan fingerprint density at radius 3 is 2.23 bits per heavy atom. The predicted molar refractivity (Wildman–Crippen MR) is 105 cm³/mol. The molecule has 1 saturated heterocycles. The standard InChI is InChI=1S/C18H24ClF3N2.2ClH/c19-14-6-7-15(16(12-14)18(20,21)22)17(13-4-2-1-3-5-13)24-10-8-23-9-11-24;;/h6-7,12-13,17,23H,1-5,8-11H2;2*1H/t17-;;/m0../s1. The van der Waals surface area contributed by atoms with Gasteiger partial charge in [0.1, 0.15) is 0 Å². The maximum absolute atomic E-state index is 13.6. The molecule has 3 rings (SSSR count). The summed E-state index contributed by atoms with van der Waals surface area (Å²) < 4.78 is 40.9. The maximum atomic E-state index is 13.6. The zero-order valence-electron chi connectivity index (χ0n) is 14.5. The summed E-state index contributed by atoms with van der Waals surface area (Å²) in [5.74, 6) is 0.291. The molecule has 0 unspecified atom stereocenters. The van der Waals surface area contributed by atoms with Crippen molar-refractivity contribution in [1.82, 2.24) is 10.2 Å². The second-order valence-corrected chi connectivity index (χ2v) is 7.29. The minimum atomic E-state index is -4.37. The Labute approximate surface area is 170 Å². The van der Waals surface area contributed by atoms with E-state index in [4.69, 9.17) is 11.6 Å². The summed E-state index contributed by atoms with van der Waals surface area (Å²) in [6.07, 6.45) is 1.06. The van der Waals surface area contributed by atoms with Crippen molar-refractivity contribution in [2.24, 2.45) is 5.92 Å². The highest BCUT2D eigenvalue weighted by atomic mass is 35.5. The van der Waals surface area contributed by atoms with E-state index in [-0.39, 0.29) is 35.9 Å². The summed E-state index contributed by atoms with van der Waals surface area (Å²) in [5, 5.41) is 3.44. The lowest BCUT2D eigenvalue weighted by molar-refractivity contribution is -0.139. The SMILES string of the molecule is Cl.Cl.FC(F)(F)c1cc(Cl)ccc1[C@H](C1CCCCC1)N1CCNCC1. The largest absolute Gasteiger partial charge is 0.416 e. The van der Waals surface area contributed by atoms with Crippen LogP contribution in [0, 0.1) is 5.92 Å². The number of alkyl halides is 3. The van der Waals surface area contributed by atoms with Gasteiger partial charge in [0, 0.05) is 37.2 Å². The molecule has 0 aromatic heterocycles. The van der Waals surface area contributed by atoms with Crippen molar-refractivity contribution in [3.05, 3.63) is 34.3 Å².